The summed E-state index contributed by atoms with van der Waals surface area (Å²) in [6.07, 6.45) is 1.01. The van der Waals surface area contributed by atoms with Crippen LogP contribution in [0, 0.1) is 6.92 Å². The van der Waals surface area contributed by atoms with Crippen LogP contribution in [-0.4, -0.2) is 66.2 Å². The Hall–Kier alpha value is -3.25. The molecule has 0 aromatic heterocycles. The number of sulfonamides is 2. The summed E-state index contributed by atoms with van der Waals surface area (Å²) in [5, 5.41) is 2.97. The second kappa shape index (κ2) is 11.6. The van der Waals surface area contributed by atoms with Crippen molar-refractivity contribution in [1.29, 1.82) is 0 Å². The quantitative estimate of drug-likeness (QED) is 0.433. The summed E-state index contributed by atoms with van der Waals surface area (Å²) in [5.74, 6) is -0.504. The lowest BCUT2D eigenvalue weighted by Crippen LogP contribution is -2.42. The highest BCUT2D eigenvalue weighted by Crippen LogP contribution is 2.25. The van der Waals surface area contributed by atoms with E-state index >= 15 is 0 Å². The van der Waals surface area contributed by atoms with Gasteiger partial charge in [-0.3, -0.25) is 9.10 Å². The van der Waals surface area contributed by atoms with Gasteiger partial charge in [0.2, 0.25) is 26.0 Å². The largest absolute Gasteiger partial charge is 0.379 e. The first-order valence-electron chi connectivity index (χ1n) is 12.1. The molecule has 1 aliphatic heterocycles. The number of rotatable bonds is 9. The van der Waals surface area contributed by atoms with E-state index in [2.05, 4.69) is 5.32 Å². The Bertz CT molecular complexity index is 1470. The summed E-state index contributed by atoms with van der Waals surface area (Å²) in [4.78, 5) is 13.3. The summed E-state index contributed by atoms with van der Waals surface area (Å²) in [5.41, 5.74) is 2.95. The van der Waals surface area contributed by atoms with Crippen LogP contribution in [0.4, 0.5) is 5.69 Å². The molecule has 0 radical (unpaired) electrons. The normalized spacial score (nSPS) is 15.5. The molecule has 11 heteroatoms. The third kappa shape index (κ3) is 6.60. The molecule has 1 heterocycles. The van der Waals surface area contributed by atoms with Crippen molar-refractivity contribution >= 4 is 31.6 Å². The van der Waals surface area contributed by atoms with Gasteiger partial charge >= 0.3 is 0 Å². The van der Waals surface area contributed by atoms with Crippen molar-refractivity contribution in [2.45, 2.75) is 17.9 Å². The summed E-state index contributed by atoms with van der Waals surface area (Å²) >= 11 is 0. The minimum atomic E-state index is -3.86. The average Bonchev–Trinajstić information content (AvgIpc) is 2.91. The number of hydrogen-bond donors (Lipinski definition) is 1. The number of benzene rings is 3. The van der Waals surface area contributed by atoms with E-state index < -0.39 is 38.5 Å². The predicted molar refractivity (Wildman–Crippen MR) is 146 cm³/mol. The molecule has 1 amide bonds. The van der Waals surface area contributed by atoms with Gasteiger partial charge in [-0.25, -0.2) is 16.8 Å². The third-order valence-electron chi connectivity index (χ3n) is 6.23. The molecule has 1 atom stereocenters. The second-order valence-corrected chi connectivity index (χ2v) is 13.0. The Labute approximate surface area is 224 Å². The van der Waals surface area contributed by atoms with Crippen LogP contribution < -0.4 is 9.62 Å². The second-order valence-electron chi connectivity index (χ2n) is 9.11. The molecule has 1 N–H and O–H groups in total. The fraction of sp³-hybridized carbons (Fsp3) is 0.296. The Kier molecular flexibility index (Phi) is 8.51. The minimum Gasteiger partial charge on any atom is -0.379 e. The van der Waals surface area contributed by atoms with Gasteiger partial charge in [-0.1, -0.05) is 60.2 Å². The topological polar surface area (TPSA) is 113 Å². The molecule has 1 saturated heterocycles. The van der Waals surface area contributed by atoms with E-state index in [1.165, 1.54) is 28.6 Å². The van der Waals surface area contributed by atoms with Gasteiger partial charge in [0.05, 0.1) is 36.1 Å². The van der Waals surface area contributed by atoms with E-state index in [-0.39, 0.29) is 23.7 Å². The molecule has 3 aromatic carbocycles. The number of nitrogens with one attached hydrogen (secondary N) is 1. The number of ether oxygens (including phenoxy) is 1. The first kappa shape index (κ1) is 27.8. The summed E-state index contributed by atoms with van der Waals surface area (Å²) in [6, 6.07) is 22.2. The molecule has 0 aliphatic carbocycles. The molecule has 4 rings (SSSR count). The van der Waals surface area contributed by atoms with Gasteiger partial charge in [-0.05, 0) is 42.3 Å². The number of carbonyl (C=O) groups is 1. The first-order chi connectivity index (χ1) is 18.1. The van der Waals surface area contributed by atoms with Gasteiger partial charge in [0, 0.05) is 13.1 Å². The lowest BCUT2D eigenvalue weighted by atomic mass is 9.97. The molecule has 3 aromatic rings. The minimum absolute atomic E-state index is 0.0460. The molecule has 38 heavy (non-hydrogen) atoms. The van der Waals surface area contributed by atoms with Crippen molar-refractivity contribution in [3.8, 4) is 0 Å². The van der Waals surface area contributed by atoms with Gasteiger partial charge in [0.1, 0.15) is 6.54 Å². The van der Waals surface area contributed by atoms with Crippen molar-refractivity contribution in [2.75, 3.05) is 43.4 Å². The summed E-state index contributed by atoms with van der Waals surface area (Å²) in [7, 11) is -7.60. The maximum Gasteiger partial charge on any atom is 0.243 e. The third-order valence-corrected chi connectivity index (χ3v) is 9.29. The van der Waals surface area contributed by atoms with Crippen molar-refractivity contribution in [3.05, 3.63) is 95.6 Å². The fourth-order valence-electron chi connectivity index (χ4n) is 4.31. The fourth-order valence-corrected chi connectivity index (χ4v) is 6.58. The van der Waals surface area contributed by atoms with Crippen molar-refractivity contribution in [1.82, 2.24) is 9.62 Å². The van der Waals surface area contributed by atoms with Crippen molar-refractivity contribution in [2.24, 2.45) is 0 Å². The molecule has 202 valence electrons. The first-order valence-corrected chi connectivity index (χ1v) is 15.4. The molecule has 0 saturated carbocycles. The van der Waals surface area contributed by atoms with Crippen LogP contribution in [-0.2, 0) is 29.6 Å². The summed E-state index contributed by atoms with van der Waals surface area (Å²) in [6.45, 7) is 2.64. The molecular formula is C27H31N3O6S2. The lowest BCUT2D eigenvalue weighted by molar-refractivity contribution is -0.120. The highest BCUT2D eigenvalue weighted by Gasteiger charge is 2.28. The van der Waals surface area contributed by atoms with Crippen LogP contribution in [0.15, 0.2) is 83.8 Å². The maximum atomic E-state index is 13.2. The predicted octanol–water partition coefficient (Wildman–Crippen LogP) is 2.69. The van der Waals surface area contributed by atoms with Gasteiger partial charge in [0.15, 0.2) is 0 Å². The lowest BCUT2D eigenvalue weighted by Gasteiger charge is -2.27. The van der Waals surface area contributed by atoms with Crippen molar-refractivity contribution in [3.63, 3.8) is 0 Å². The zero-order valence-corrected chi connectivity index (χ0v) is 22.9. The van der Waals surface area contributed by atoms with E-state index in [0.29, 0.717) is 13.2 Å². The van der Waals surface area contributed by atoms with Gasteiger partial charge in [0.25, 0.3) is 0 Å². The number of nitrogens with zero attached hydrogens (tertiary/aromatic N) is 2. The Balaban J connectivity index is 1.56. The molecule has 9 nitrogen and oxygen atoms in total. The molecular weight excluding hydrogens is 526 g/mol. The smallest absolute Gasteiger partial charge is 0.243 e. The SMILES string of the molecule is Cc1cccc(C(NC(=O)CN(c2ccc(S(=O)(=O)N3CCOCC3)cc2)S(C)(=O)=O)c2ccccc2)c1. The highest BCUT2D eigenvalue weighted by atomic mass is 32.2. The number of carbonyl (C=O) groups excluding carboxylic acids is 1. The van der Waals surface area contributed by atoms with Crippen LogP contribution in [0.2, 0.25) is 0 Å². The molecule has 0 spiro atoms. The van der Waals surface area contributed by atoms with E-state index in [1.807, 2.05) is 61.5 Å². The highest BCUT2D eigenvalue weighted by molar-refractivity contribution is 7.92. The molecule has 1 aliphatic rings. The Morgan fingerprint density at radius 2 is 1.55 bits per heavy atom. The monoisotopic (exact) mass is 557 g/mol. The van der Waals surface area contributed by atoms with Crippen molar-refractivity contribution < 1.29 is 26.4 Å². The van der Waals surface area contributed by atoms with Crippen LogP contribution in [0.3, 0.4) is 0 Å². The molecule has 0 bridgehead atoms. The van der Waals surface area contributed by atoms with Gasteiger partial charge in [-0.2, -0.15) is 4.31 Å². The van der Waals surface area contributed by atoms with Crippen LogP contribution >= 0.6 is 0 Å². The van der Waals surface area contributed by atoms with E-state index in [0.717, 1.165) is 27.3 Å². The standard InChI is InChI=1S/C27H31N3O6S2/c1-21-7-6-10-23(19-21)27(22-8-4-3-5-9-22)28-26(31)20-30(37(2,32)33)24-11-13-25(14-12-24)38(34,35)29-15-17-36-18-16-29/h3-14,19,27H,15-18,20H2,1-2H3,(H,28,31). The maximum absolute atomic E-state index is 13.2. The summed E-state index contributed by atoms with van der Waals surface area (Å²) < 4.78 is 58.7. The zero-order chi connectivity index (χ0) is 27.3. The molecule has 1 fully saturated rings. The van der Waals surface area contributed by atoms with Crippen LogP contribution in [0.25, 0.3) is 0 Å². The molecule has 1 unspecified atom stereocenters. The van der Waals surface area contributed by atoms with E-state index in [9.17, 15) is 21.6 Å². The zero-order valence-electron chi connectivity index (χ0n) is 21.3. The Morgan fingerprint density at radius 3 is 2.16 bits per heavy atom. The van der Waals surface area contributed by atoms with E-state index in [1.54, 1.807) is 0 Å². The van der Waals surface area contributed by atoms with Gasteiger partial charge in [-0.15, -0.1) is 0 Å². The Morgan fingerprint density at radius 1 is 0.921 bits per heavy atom. The number of hydrogen-bond acceptors (Lipinski definition) is 6. The number of aryl methyl sites for hydroxylation is 1. The van der Waals surface area contributed by atoms with Crippen LogP contribution in [0.5, 0.6) is 0 Å². The number of morpholine rings is 1. The van der Waals surface area contributed by atoms with Gasteiger partial charge < -0.3 is 10.1 Å². The van der Waals surface area contributed by atoms with E-state index in [4.69, 9.17) is 4.74 Å². The number of amides is 1. The average molecular weight is 558 g/mol. The van der Waals surface area contributed by atoms with Crippen LogP contribution in [0.1, 0.15) is 22.7 Å². The number of anilines is 1.